The van der Waals surface area contributed by atoms with E-state index in [1.807, 2.05) is 42.1 Å². The lowest BCUT2D eigenvalue weighted by Crippen LogP contribution is -2.36. The predicted octanol–water partition coefficient (Wildman–Crippen LogP) is 1.56. The maximum atomic E-state index is 11.7. The van der Waals surface area contributed by atoms with Crippen molar-refractivity contribution in [2.24, 2.45) is 12.0 Å². The van der Waals surface area contributed by atoms with E-state index < -0.39 is 0 Å². The van der Waals surface area contributed by atoms with E-state index in [4.69, 9.17) is 4.74 Å². The second-order valence-corrected chi connectivity index (χ2v) is 6.50. The Labute approximate surface area is 182 Å². The van der Waals surface area contributed by atoms with Crippen LogP contribution in [0.5, 0.6) is 5.75 Å². The van der Waals surface area contributed by atoms with E-state index in [0.29, 0.717) is 30.8 Å². The van der Waals surface area contributed by atoms with Gasteiger partial charge in [0.05, 0.1) is 12.2 Å². The van der Waals surface area contributed by atoms with Crippen molar-refractivity contribution in [2.45, 2.75) is 32.0 Å². The SMILES string of the molecule is CN=C(NCc1cccc(OCC(=O)NC2CC2)c1)NCc1ccnn1C.I. The number of nitrogens with zero attached hydrogens (tertiary/aromatic N) is 3. The molecule has 1 heterocycles. The molecule has 0 atom stereocenters. The topological polar surface area (TPSA) is 92.6 Å². The first-order valence-electron chi connectivity index (χ1n) is 9.06. The highest BCUT2D eigenvalue weighted by Gasteiger charge is 2.23. The third-order valence-electron chi connectivity index (χ3n) is 4.25. The van der Waals surface area contributed by atoms with E-state index >= 15 is 0 Å². The fourth-order valence-electron chi connectivity index (χ4n) is 2.55. The number of carbonyl (C=O) groups excluding carboxylic acids is 1. The van der Waals surface area contributed by atoms with Gasteiger partial charge in [0.25, 0.3) is 5.91 Å². The lowest BCUT2D eigenvalue weighted by molar-refractivity contribution is -0.123. The normalized spacial score (nSPS) is 13.4. The number of nitrogens with one attached hydrogen (secondary N) is 3. The van der Waals surface area contributed by atoms with Gasteiger partial charge in [0.2, 0.25) is 0 Å². The zero-order valence-electron chi connectivity index (χ0n) is 16.1. The lowest BCUT2D eigenvalue weighted by Gasteiger charge is -2.13. The largest absolute Gasteiger partial charge is 0.484 e. The fourth-order valence-corrected chi connectivity index (χ4v) is 2.55. The van der Waals surface area contributed by atoms with Crippen molar-refractivity contribution in [3.05, 3.63) is 47.8 Å². The van der Waals surface area contributed by atoms with Crippen LogP contribution < -0.4 is 20.7 Å². The summed E-state index contributed by atoms with van der Waals surface area (Å²) in [4.78, 5) is 15.9. The quantitative estimate of drug-likeness (QED) is 0.292. The highest BCUT2D eigenvalue weighted by molar-refractivity contribution is 14.0. The summed E-state index contributed by atoms with van der Waals surface area (Å²) in [5, 5.41) is 13.6. The first-order valence-corrected chi connectivity index (χ1v) is 9.06. The summed E-state index contributed by atoms with van der Waals surface area (Å²) in [6, 6.07) is 9.99. The monoisotopic (exact) mass is 498 g/mol. The Morgan fingerprint density at radius 2 is 2.07 bits per heavy atom. The molecule has 0 aliphatic heterocycles. The highest BCUT2D eigenvalue weighted by Crippen LogP contribution is 2.18. The van der Waals surface area contributed by atoms with Crippen LogP contribution in [0.3, 0.4) is 0 Å². The summed E-state index contributed by atoms with van der Waals surface area (Å²) in [5.74, 6) is 1.31. The van der Waals surface area contributed by atoms with E-state index in [2.05, 4.69) is 26.0 Å². The van der Waals surface area contributed by atoms with E-state index in [9.17, 15) is 4.79 Å². The number of guanidine groups is 1. The first kappa shape index (κ1) is 22.0. The molecule has 0 radical (unpaired) electrons. The molecule has 1 aromatic carbocycles. The smallest absolute Gasteiger partial charge is 0.258 e. The van der Waals surface area contributed by atoms with Gasteiger partial charge < -0.3 is 20.7 Å². The molecule has 3 rings (SSSR count). The van der Waals surface area contributed by atoms with Gasteiger partial charge in [-0.15, -0.1) is 24.0 Å². The van der Waals surface area contributed by atoms with Gasteiger partial charge >= 0.3 is 0 Å². The number of amides is 1. The average Bonchev–Trinajstić information content (AvgIpc) is 3.39. The third kappa shape index (κ3) is 7.02. The van der Waals surface area contributed by atoms with Crippen molar-refractivity contribution >= 4 is 35.8 Å². The third-order valence-corrected chi connectivity index (χ3v) is 4.25. The number of rotatable bonds is 8. The Balaban J connectivity index is 0.00000280. The standard InChI is InChI=1S/C19H26N6O2.HI/c1-20-19(22-12-16-8-9-23-25(16)2)21-11-14-4-3-5-17(10-14)27-13-18(26)24-15-6-7-15;/h3-5,8-10,15H,6-7,11-13H2,1-2H3,(H,24,26)(H2,20,21,22);1H. The van der Waals surface area contributed by atoms with Crippen LogP contribution in [0.15, 0.2) is 41.5 Å². The molecule has 28 heavy (non-hydrogen) atoms. The number of benzene rings is 1. The number of hydrogen-bond acceptors (Lipinski definition) is 4. The molecule has 0 unspecified atom stereocenters. The molecule has 1 fully saturated rings. The summed E-state index contributed by atoms with van der Waals surface area (Å²) < 4.78 is 7.40. The van der Waals surface area contributed by atoms with Crippen LogP contribution in [-0.2, 0) is 24.9 Å². The van der Waals surface area contributed by atoms with Gasteiger partial charge in [-0.3, -0.25) is 14.5 Å². The molecule has 0 saturated heterocycles. The second kappa shape index (κ2) is 10.9. The van der Waals surface area contributed by atoms with Gasteiger partial charge in [0.1, 0.15) is 5.75 Å². The Morgan fingerprint density at radius 1 is 1.29 bits per heavy atom. The summed E-state index contributed by atoms with van der Waals surface area (Å²) in [6.45, 7) is 1.27. The molecule has 1 amide bonds. The van der Waals surface area contributed by atoms with E-state index in [-0.39, 0.29) is 36.5 Å². The molecule has 9 heteroatoms. The molecule has 0 bridgehead atoms. The number of ether oxygens (including phenoxy) is 1. The van der Waals surface area contributed by atoms with Crippen molar-refractivity contribution in [3.63, 3.8) is 0 Å². The molecule has 152 valence electrons. The summed E-state index contributed by atoms with van der Waals surface area (Å²) in [7, 11) is 3.64. The van der Waals surface area contributed by atoms with Gasteiger partial charge in [0.15, 0.2) is 12.6 Å². The zero-order valence-corrected chi connectivity index (χ0v) is 18.5. The van der Waals surface area contributed by atoms with Crippen molar-refractivity contribution in [1.29, 1.82) is 0 Å². The predicted molar refractivity (Wildman–Crippen MR) is 119 cm³/mol. The second-order valence-electron chi connectivity index (χ2n) is 6.50. The molecular formula is C19H27IN6O2. The van der Waals surface area contributed by atoms with E-state index in [1.165, 1.54) is 0 Å². The molecule has 1 aliphatic carbocycles. The Morgan fingerprint density at radius 3 is 2.75 bits per heavy atom. The van der Waals surface area contributed by atoms with Gasteiger partial charge in [-0.1, -0.05) is 12.1 Å². The van der Waals surface area contributed by atoms with E-state index in [1.54, 1.807) is 13.2 Å². The molecular weight excluding hydrogens is 471 g/mol. The molecule has 1 saturated carbocycles. The van der Waals surface area contributed by atoms with Crippen LogP contribution in [0.4, 0.5) is 0 Å². The Kier molecular flexibility index (Phi) is 8.55. The van der Waals surface area contributed by atoms with Crippen molar-refractivity contribution in [2.75, 3.05) is 13.7 Å². The molecule has 0 spiro atoms. The van der Waals surface area contributed by atoms with Crippen LogP contribution in [0.1, 0.15) is 24.1 Å². The molecule has 1 aliphatic rings. The van der Waals surface area contributed by atoms with Crippen LogP contribution >= 0.6 is 24.0 Å². The fraction of sp³-hybridized carbons (Fsp3) is 0.421. The summed E-state index contributed by atoms with van der Waals surface area (Å²) in [6.07, 6.45) is 3.91. The van der Waals surface area contributed by atoms with Crippen LogP contribution in [-0.4, -0.2) is 41.3 Å². The van der Waals surface area contributed by atoms with E-state index in [0.717, 1.165) is 24.1 Å². The lowest BCUT2D eigenvalue weighted by atomic mass is 10.2. The van der Waals surface area contributed by atoms with Crippen molar-refractivity contribution in [3.8, 4) is 5.75 Å². The number of halogens is 1. The zero-order chi connectivity index (χ0) is 19.1. The first-order chi connectivity index (χ1) is 13.1. The molecule has 2 aromatic rings. The summed E-state index contributed by atoms with van der Waals surface area (Å²) >= 11 is 0. The molecule has 1 aromatic heterocycles. The summed E-state index contributed by atoms with van der Waals surface area (Å²) in [5.41, 5.74) is 2.11. The van der Waals surface area contributed by atoms with Gasteiger partial charge in [-0.2, -0.15) is 5.10 Å². The Hall–Kier alpha value is -2.30. The molecule has 3 N–H and O–H groups in total. The van der Waals surface area contributed by atoms with Crippen LogP contribution in [0.2, 0.25) is 0 Å². The van der Waals surface area contributed by atoms with Gasteiger partial charge in [-0.05, 0) is 36.6 Å². The Bertz CT molecular complexity index is 803. The van der Waals surface area contributed by atoms with Crippen molar-refractivity contribution < 1.29 is 9.53 Å². The maximum absolute atomic E-state index is 11.7. The minimum absolute atomic E-state index is 0. The van der Waals surface area contributed by atoms with Crippen LogP contribution in [0, 0.1) is 0 Å². The van der Waals surface area contributed by atoms with Crippen molar-refractivity contribution in [1.82, 2.24) is 25.7 Å². The number of carbonyl (C=O) groups is 1. The number of aliphatic imine (C=N–C) groups is 1. The average molecular weight is 498 g/mol. The highest BCUT2D eigenvalue weighted by atomic mass is 127. The van der Waals surface area contributed by atoms with Gasteiger partial charge in [0, 0.05) is 32.9 Å². The van der Waals surface area contributed by atoms with Crippen LogP contribution in [0.25, 0.3) is 0 Å². The maximum Gasteiger partial charge on any atom is 0.258 e. The minimum atomic E-state index is -0.0687. The minimum Gasteiger partial charge on any atom is -0.484 e. The number of aromatic nitrogens is 2. The number of aryl methyl sites for hydroxylation is 1. The molecule has 8 nitrogen and oxygen atoms in total. The van der Waals surface area contributed by atoms with Gasteiger partial charge in [-0.25, -0.2) is 0 Å². The number of hydrogen-bond donors (Lipinski definition) is 3.